The minimum absolute atomic E-state index is 0.0832. The predicted molar refractivity (Wildman–Crippen MR) is 95.2 cm³/mol. The summed E-state index contributed by atoms with van der Waals surface area (Å²) in [6, 6.07) is 5.49. The summed E-state index contributed by atoms with van der Waals surface area (Å²) in [4.78, 5) is 23.6. The van der Waals surface area contributed by atoms with Crippen LogP contribution in [0.3, 0.4) is 0 Å². The van der Waals surface area contributed by atoms with Gasteiger partial charge in [-0.3, -0.25) is 9.59 Å². The van der Waals surface area contributed by atoms with Gasteiger partial charge in [-0.25, -0.2) is 0 Å². The average Bonchev–Trinajstić information content (AvgIpc) is 2.78. The zero-order valence-electron chi connectivity index (χ0n) is 13.9. The van der Waals surface area contributed by atoms with Crippen LogP contribution >= 0.6 is 15.9 Å². The van der Waals surface area contributed by atoms with Gasteiger partial charge in [-0.15, -0.1) is 0 Å². The van der Waals surface area contributed by atoms with Gasteiger partial charge >= 0.3 is 5.97 Å². The number of amides is 1. The Bertz CT molecular complexity index is 590. The second-order valence-electron chi connectivity index (χ2n) is 6.23. The highest BCUT2D eigenvalue weighted by Gasteiger charge is 2.30. The van der Waals surface area contributed by atoms with E-state index in [1.807, 2.05) is 18.2 Å². The Balaban J connectivity index is 1.89. The van der Waals surface area contributed by atoms with Crippen molar-refractivity contribution in [3.63, 3.8) is 0 Å². The van der Waals surface area contributed by atoms with Crippen LogP contribution in [0.25, 0.3) is 0 Å². The first-order chi connectivity index (χ1) is 11.5. The second kappa shape index (κ2) is 9.06. The van der Waals surface area contributed by atoms with Crippen LogP contribution in [-0.2, 0) is 16.0 Å². The molecule has 1 aliphatic carbocycles. The summed E-state index contributed by atoms with van der Waals surface area (Å²) >= 11 is 3.44. The molecule has 6 heteroatoms. The molecule has 0 saturated heterocycles. The van der Waals surface area contributed by atoms with E-state index in [2.05, 4.69) is 21.2 Å². The number of carbonyl (C=O) groups is 2. The Morgan fingerprint density at radius 3 is 2.71 bits per heavy atom. The van der Waals surface area contributed by atoms with Gasteiger partial charge in [0.15, 0.2) is 0 Å². The van der Waals surface area contributed by atoms with Crippen LogP contribution in [0.4, 0.5) is 0 Å². The lowest BCUT2D eigenvalue weighted by Gasteiger charge is -2.22. The molecule has 0 heterocycles. The van der Waals surface area contributed by atoms with Crippen LogP contribution in [0.2, 0.25) is 0 Å². The summed E-state index contributed by atoms with van der Waals surface area (Å²) in [5.41, 5.74) is 1.04. The van der Waals surface area contributed by atoms with Gasteiger partial charge in [0.05, 0.1) is 17.5 Å². The maximum Gasteiger partial charge on any atom is 0.308 e. The van der Waals surface area contributed by atoms with Crippen molar-refractivity contribution in [2.24, 2.45) is 5.92 Å². The fraction of sp³-hybridized carbons (Fsp3) is 0.556. The number of halogens is 1. The molecule has 1 fully saturated rings. The summed E-state index contributed by atoms with van der Waals surface area (Å²) in [7, 11) is 1.61. The molecule has 2 rings (SSSR count). The van der Waals surface area contributed by atoms with Crippen molar-refractivity contribution in [1.82, 2.24) is 5.32 Å². The van der Waals surface area contributed by atoms with Crippen molar-refractivity contribution in [2.75, 3.05) is 7.11 Å². The van der Waals surface area contributed by atoms with Crippen molar-refractivity contribution in [3.05, 3.63) is 28.2 Å². The van der Waals surface area contributed by atoms with Gasteiger partial charge in [0.2, 0.25) is 5.91 Å². The fourth-order valence-corrected chi connectivity index (χ4v) is 3.77. The highest BCUT2D eigenvalue weighted by molar-refractivity contribution is 9.10. The van der Waals surface area contributed by atoms with Crippen LogP contribution < -0.4 is 10.1 Å². The molecule has 1 aromatic rings. The first kappa shape index (κ1) is 18.8. The van der Waals surface area contributed by atoms with Crippen molar-refractivity contribution in [2.45, 2.75) is 51.0 Å². The first-order valence-electron chi connectivity index (χ1n) is 8.36. The van der Waals surface area contributed by atoms with Crippen molar-refractivity contribution < 1.29 is 19.4 Å². The van der Waals surface area contributed by atoms with E-state index in [1.165, 1.54) is 0 Å². The van der Waals surface area contributed by atoms with Crippen LogP contribution in [0.1, 0.15) is 44.1 Å². The Morgan fingerprint density at radius 2 is 2.04 bits per heavy atom. The highest BCUT2D eigenvalue weighted by atomic mass is 79.9. The highest BCUT2D eigenvalue weighted by Crippen LogP contribution is 2.26. The van der Waals surface area contributed by atoms with E-state index >= 15 is 0 Å². The number of aliphatic carboxylic acids is 1. The van der Waals surface area contributed by atoms with Gasteiger partial charge in [0.25, 0.3) is 0 Å². The summed E-state index contributed by atoms with van der Waals surface area (Å²) in [6.07, 6.45) is 5.28. The molecule has 2 N–H and O–H groups in total. The third-order valence-electron chi connectivity index (χ3n) is 4.54. The van der Waals surface area contributed by atoms with Crippen LogP contribution in [0.5, 0.6) is 5.75 Å². The molecule has 1 saturated carbocycles. The first-order valence-corrected chi connectivity index (χ1v) is 9.15. The second-order valence-corrected chi connectivity index (χ2v) is 7.08. The van der Waals surface area contributed by atoms with Crippen molar-refractivity contribution >= 4 is 27.8 Å². The van der Waals surface area contributed by atoms with E-state index < -0.39 is 11.9 Å². The zero-order chi connectivity index (χ0) is 17.5. The summed E-state index contributed by atoms with van der Waals surface area (Å²) in [5.74, 6) is -0.598. The van der Waals surface area contributed by atoms with E-state index in [0.717, 1.165) is 41.5 Å². The number of hydrogen-bond donors (Lipinski definition) is 2. The molecule has 1 aliphatic rings. The van der Waals surface area contributed by atoms with Gasteiger partial charge < -0.3 is 15.2 Å². The van der Waals surface area contributed by atoms with E-state index in [1.54, 1.807) is 7.11 Å². The van der Waals surface area contributed by atoms with Gasteiger partial charge in [0, 0.05) is 12.5 Å². The SMILES string of the molecule is COc1ccc(CCC(=O)N[C@H]2CCCCC[C@H]2C(=O)O)cc1Br. The Labute approximate surface area is 150 Å². The molecule has 2 atom stereocenters. The molecule has 0 bridgehead atoms. The molecule has 1 amide bonds. The van der Waals surface area contributed by atoms with Crippen LogP contribution in [-0.4, -0.2) is 30.1 Å². The number of benzene rings is 1. The maximum absolute atomic E-state index is 12.2. The lowest BCUT2D eigenvalue weighted by Crippen LogP contribution is -2.42. The van der Waals surface area contributed by atoms with Gasteiger partial charge in [0.1, 0.15) is 5.75 Å². The Morgan fingerprint density at radius 1 is 1.29 bits per heavy atom. The van der Waals surface area contributed by atoms with Crippen molar-refractivity contribution in [3.8, 4) is 5.75 Å². The normalized spacial score (nSPS) is 20.9. The number of nitrogens with one attached hydrogen (secondary N) is 1. The van der Waals surface area contributed by atoms with Gasteiger partial charge in [-0.2, -0.15) is 0 Å². The number of carboxylic acid groups (broad SMARTS) is 1. The Hall–Kier alpha value is -1.56. The monoisotopic (exact) mass is 397 g/mol. The van der Waals surface area contributed by atoms with E-state index in [0.29, 0.717) is 19.3 Å². The van der Waals surface area contributed by atoms with Crippen LogP contribution in [0.15, 0.2) is 22.7 Å². The van der Waals surface area contributed by atoms with E-state index in [9.17, 15) is 14.7 Å². The number of aryl methyl sites for hydroxylation is 1. The number of carbonyl (C=O) groups excluding carboxylic acids is 1. The van der Waals surface area contributed by atoms with Gasteiger partial charge in [-0.1, -0.05) is 25.3 Å². The molecular formula is C18H24BrNO4. The standard InChI is InChI=1S/C18H24BrNO4/c1-24-16-9-7-12(11-14(16)19)8-10-17(21)20-15-6-4-2-3-5-13(15)18(22)23/h7,9,11,13,15H,2-6,8,10H2,1H3,(H,20,21)(H,22,23)/t13-,15+/m1/s1. The number of rotatable bonds is 6. The van der Waals surface area contributed by atoms with E-state index in [-0.39, 0.29) is 11.9 Å². The fourth-order valence-electron chi connectivity index (χ4n) is 3.18. The largest absolute Gasteiger partial charge is 0.496 e. The minimum Gasteiger partial charge on any atom is -0.496 e. The number of hydrogen-bond acceptors (Lipinski definition) is 3. The van der Waals surface area contributed by atoms with E-state index in [4.69, 9.17) is 4.74 Å². The third kappa shape index (κ3) is 5.23. The molecule has 5 nitrogen and oxygen atoms in total. The molecular weight excluding hydrogens is 374 g/mol. The molecule has 24 heavy (non-hydrogen) atoms. The number of carboxylic acids is 1. The smallest absolute Gasteiger partial charge is 0.308 e. The summed E-state index contributed by atoms with van der Waals surface area (Å²) in [5, 5.41) is 12.3. The van der Waals surface area contributed by atoms with Gasteiger partial charge in [-0.05, 0) is 52.9 Å². The zero-order valence-corrected chi connectivity index (χ0v) is 15.5. The predicted octanol–water partition coefficient (Wildman–Crippen LogP) is 3.54. The summed E-state index contributed by atoms with van der Waals surface area (Å²) in [6.45, 7) is 0. The summed E-state index contributed by atoms with van der Waals surface area (Å²) < 4.78 is 6.05. The average molecular weight is 398 g/mol. The molecule has 0 unspecified atom stereocenters. The topological polar surface area (TPSA) is 75.6 Å². The lowest BCUT2D eigenvalue weighted by molar-refractivity contribution is -0.143. The molecule has 0 aliphatic heterocycles. The lowest BCUT2D eigenvalue weighted by atomic mass is 9.94. The van der Waals surface area contributed by atoms with Crippen molar-refractivity contribution in [1.29, 1.82) is 0 Å². The molecule has 0 aromatic heterocycles. The number of methoxy groups -OCH3 is 1. The van der Waals surface area contributed by atoms with Crippen LogP contribution in [0, 0.1) is 5.92 Å². The molecule has 0 radical (unpaired) electrons. The Kier molecular flexibility index (Phi) is 7.09. The number of ether oxygens (including phenoxy) is 1. The third-order valence-corrected chi connectivity index (χ3v) is 5.16. The molecule has 0 spiro atoms. The maximum atomic E-state index is 12.2. The molecule has 1 aromatic carbocycles. The minimum atomic E-state index is -0.804. The molecule has 132 valence electrons. The quantitative estimate of drug-likeness (QED) is 0.719.